The van der Waals surface area contributed by atoms with Crippen LogP contribution in [0.3, 0.4) is 0 Å². The van der Waals surface area contributed by atoms with Crippen molar-refractivity contribution < 1.29 is 9.53 Å². The second-order valence-electron chi connectivity index (χ2n) is 4.92. The zero-order valence-electron chi connectivity index (χ0n) is 12.6. The summed E-state index contributed by atoms with van der Waals surface area (Å²) in [6.45, 7) is 3.71. The van der Waals surface area contributed by atoms with Crippen LogP contribution in [0.15, 0.2) is 18.2 Å². The van der Waals surface area contributed by atoms with Crippen LogP contribution in [0.1, 0.15) is 30.9 Å². The van der Waals surface area contributed by atoms with Crippen molar-refractivity contribution in [2.45, 2.75) is 26.3 Å². The van der Waals surface area contributed by atoms with Crippen molar-refractivity contribution in [3.05, 3.63) is 29.3 Å². The number of carbonyl (C=O) groups is 1. The molecule has 0 bridgehead atoms. The third-order valence-electron chi connectivity index (χ3n) is 3.17. The van der Waals surface area contributed by atoms with E-state index in [2.05, 4.69) is 6.92 Å². The summed E-state index contributed by atoms with van der Waals surface area (Å²) in [6.07, 6.45) is 2.06. The lowest BCUT2D eigenvalue weighted by Crippen LogP contribution is -2.34. The van der Waals surface area contributed by atoms with Crippen LogP contribution in [0.4, 0.5) is 0 Å². The highest BCUT2D eigenvalue weighted by Gasteiger charge is 2.13. The molecule has 0 fully saturated rings. The summed E-state index contributed by atoms with van der Waals surface area (Å²) < 4.78 is 5.36. The van der Waals surface area contributed by atoms with Crippen LogP contribution in [0.2, 0.25) is 0 Å². The van der Waals surface area contributed by atoms with E-state index in [-0.39, 0.29) is 12.5 Å². The lowest BCUT2D eigenvalue weighted by molar-refractivity contribution is -0.119. The van der Waals surface area contributed by atoms with Gasteiger partial charge in [0.1, 0.15) is 10.7 Å². The molecule has 0 aliphatic heterocycles. The predicted molar refractivity (Wildman–Crippen MR) is 88.3 cm³/mol. The largest absolute Gasteiger partial charge is 0.496 e. The molecule has 4 N–H and O–H groups in total. The van der Waals surface area contributed by atoms with Gasteiger partial charge in [0.2, 0.25) is 5.91 Å². The maximum atomic E-state index is 11.2. The number of ether oxygens (including phenoxy) is 1. The summed E-state index contributed by atoms with van der Waals surface area (Å²) in [5.74, 6) is 0.413. The number of nitrogens with zero attached hydrogens (tertiary/aromatic N) is 1. The van der Waals surface area contributed by atoms with Gasteiger partial charge in [0.05, 0.1) is 13.7 Å². The molecule has 1 aromatic carbocycles. The van der Waals surface area contributed by atoms with Gasteiger partial charge in [-0.1, -0.05) is 25.6 Å². The number of primary amides is 1. The van der Waals surface area contributed by atoms with Crippen LogP contribution in [-0.4, -0.2) is 36.0 Å². The minimum atomic E-state index is -0.337. The van der Waals surface area contributed by atoms with E-state index in [9.17, 15) is 4.79 Å². The summed E-state index contributed by atoms with van der Waals surface area (Å²) in [7, 11) is 1.61. The number of hydrogen-bond acceptors (Lipinski definition) is 4. The second-order valence-corrected chi connectivity index (χ2v) is 5.36. The van der Waals surface area contributed by atoms with Crippen LogP contribution in [0, 0.1) is 0 Å². The van der Waals surface area contributed by atoms with Gasteiger partial charge in [-0.3, -0.25) is 9.69 Å². The quantitative estimate of drug-likeness (QED) is 0.674. The number of rotatable bonds is 9. The summed E-state index contributed by atoms with van der Waals surface area (Å²) >= 11 is 5.00. The molecule has 0 aliphatic rings. The highest BCUT2D eigenvalue weighted by atomic mass is 32.1. The second kappa shape index (κ2) is 8.59. The van der Waals surface area contributed by atoms with Crippen LogP contribution < -0.4 is 16.2 Å². The lowest BCUT2D eigenvalue weighted by Gasteiger charge is -2.22. The Morgan fingerprint density at radius 3 is 2.62 bits per heavy atom. The van der Waals surface area contributed by atoms with Crippen molar-refractivity contribution >= 4 is 23.1 Å². The van der Waals surface area contributed by atoms with Crippen molar-refractivity contribution in [2.24, 2.45) is 11.5 Å². The minimum absolute atomic E-state index is 0.223. The molecule has 5 nitrogen and oxygen atoms in total. The maximum Gasteiger partial charge on any atom is 0.231 e. The summed E-state index contributed by atoms with van der Waals surface area (Å²) in [5, 5.41) is 0. The molecular formula is C15H23N3O2S. The fraction of sp³-hybridized carbons (Fsp3) is 0.467. The van der Waals surface area contributed by atoms with E-state index >= 15 is 0 Å². The first-order valence-corrected chi connectivity index (χ1v) is 7.36. The zero-order chi connectivity index (χ0) is 15.8. The normalized spacial score (nSPS) is 10.6. The molecule has 0 radical (unpaired) electrons. The average Bonchev–Trinajstić information content (AvgIpc) is 2.44. The number of methoxy groups -OCH3 is 1. The number of amides is 1. The number of nitrogens with two attached hydrogens (primary N) is 2. The Balaban J connectivity index is 2.96. The molecule has 6 heteroatoms. The van der Waals surface area contributed by atoms with Crippen LogP contribution >= 0.6 is 12.2 Å². The molecule has 0 aromatic heterocycles. The maximum absolute atomic E-state index is 11.2. The first-order valence-electron chi connectivity index (χ1n) is 6.95. The van der Waals surface area contributed by atoms with Crippen LogP contribution in [0.5, 0.6) is 5.75 Å². The van der Waals surface area contributed by atoms with Crippen molar-refractivity contribution in [2.75, 3.05) is 20.2 Å². The van der Waals surface area contributed by atoms with E-state index in [1.165, 1.54) is 0 Å². The van der Waals surface area contributed by atoms with E-state index in [1.807, 2.05) is 23.1 Å². The van der Waals surface area contributed by atoms with Crippen molar-refractivity contribution in [1.82, 2.24) is 4.90 Å². The van der Waals surface area contributed by atoms with Crippen molar-refractivity contribution in [3.63, 3.8) is 0 Å². The van der Waals surface area contributed by atoms with Gasteiger partial charge in [-0.25, -0.2) is 0 Å². The number of thiocarbonyl (C=S) groups is 1. The van der Waals surface area contributed by atoms with Gasteiger partial charge in [0, 0.05) is 17.7 Å². The molecule has 1 aromatic rings. The van der Waals surface area contributed by atoms with Crippen LogP contribution in [0.25, 0.3) is 0 Å². The van der Waals surface area contributed by atoms with Gasteiger partial charge in [0.25, 0.3) is 0 Å². The number of hydrogen-bond donors (Lipinski definition) is 2. The van der Waals surface area contributed by atoms with Gasteiger partial charge >= 0.3 is 0 Å². The predicted octanol–water partition coefficient (Wildman–Crippen LogP) is 1.42. The molecular weight excluding hydrogens is 286 g/mol. The highest BCUT2D eigenvalue weighted by molar-refractivity contribution is 7.80. The fourth-order valence-corrected chi connectivity index (χ4v) is 2.24. The first-order chi connectivity index (χ1) is 9.97. The van der Waals surface area contributed by atoms with Gasteiger partial charge in [0.15, 0.2) is 0 Å². The molecule has 0 spiro atoms. The van der Waals surface area contributed by atoms with Gasteiger partial charge in [-0.05, 0) is 31.2 Å². The summed E-state index contributed by atoms with van der Waals surface area (Å²) in [4.78, 5) is 13.5. The Morgan fingerprint density at radius 2 is 2.10 bits per heavy atom. The summed E-state index contributed by atoms with van der Waals surface area (Å²) in [5.41, 5.74) is 12.7. The number of benzene rings is 1. The molecule has 116 valence electrons. The lowest BCUT2D eigenvalue weighted by atomic mass is 10.1. The number of carbonyl (C=O) groups excluding carboxylic acids is 1. The van der Waals surface area contributed by atoms with Crippen LogP contribution in [-0.2, 0) is 11.3 Å². The van der Waals surface area contributed by atoms with E-state index in [4.69, 9.17) is 28.4 Å². The van der Waals surface area contributed by atoms with E-state index in [1.54, 1.807) is 7.11 Å². The topological polar surface area (TPSA) is 81.6 Å². The number of unbranched alkanes of at least 4 members (excludes halogenated alkanes) is 1. The van der Waals surface area contributed by atoms with Gasteiger partial charge < -0.3 is 16.2 Å². The Hall–Kier alpha value is -1.66. The monoisotopic (exact) mass is 309 g/mol. The smallest absolute Gasteiger partial charge is 0.231 e. The highest BCUT2D eigenvalue weighted by Crippen LogP contribution is 2.22. The first kappa shape index (κ1) is 17.4. The molecule has 21 heavy (non-hydrogen) atoms. The Bertz CT molecular complexity index is 506. The molecule has 0 saturated heterocycles. The molecule has 0 aliphatic carbocycles. The third-order valence-corrected chi connectivity index (χ3v) is 3.40. The average molecular weight is 309 g/mol. The fourth-order valence-electron chi connectivity index (χ4n) is 2.11. The Labute approximate surface area is 131 Å². The SMILES string of the molecule is CCCCN(CC(N)=O)Cc1cc(C(N)=S)ccc1OC. The molecule has 0 heterocycles. The van der Waals surface area contributed by atoms with E-state index < -0.39 is 0 Å². The zero-order valence-corrected chi connectivity index (χ0v) is 13.4. The van der Waals surface area contributed by atoms with E-state index in [0.29, 0.717) is 11.5 Å². The van der Waals surface area contributed by atoms with E-state index in [0.717, 1.165) is 36.3 Å². The van der Waals surface area contributed by atoms with Gasteiger partial charge in [-0.2, -0.15) is 0 Å². The molecule has 0 atom stereocenters. The molecule has 0 saturated carbocycles. The Morgan fingerprint density at radius 1 is 1.38 bits per heavy atom. The molecule has 1 rings (SSSR count). The molecule has 0 unspecified atom stereocenters. The minimum Gasteiger partial charge on any atom is -0.496 e. The van der Waals surface area contributed by atoms with Gasteiger partial charge in [-0.15, -0.1) is 0 Å². The van der Waals surface area contributed by atoms with Crippen molar-refractivity contribution in [3.8, 4) is 5.75 Å². The standard InChI is InChI=1S/C15H23N3O2S/c1-3-4-7-18(10-14(16)19)9-12-8-11(15(17)21)5-6-13(12)20-2/h5-6,8H,3-4,7,9-10H2,1-2H3,(H2,16,19)(H2,17,21). The Kier molecular flexibility index (Phi) is 7.11. The van der Waals surface area contributed by atoms with Crippen molar-refractivity contribution in [1.29, 1.82) is 0 Å². The summed E-state index contributed by atoms with van der Waals surface area (Å²) in [6, 6.07) is 5.57. The third kappa shape index (κ3) is 5.69. The molecule has 1 amide bonds.